The van der Waals surface area contributed by atoms with Crippen LogP contribution >= 0.6 is 0 Å². The van der Waals surface area contributed by atoms with E-state index in [0.29, 0.717) is 31.0 Å². The van der Waals surface area contributed by atoms with Crippen LogP contribution in [0.1, 0.15) is 35.4 Å². The largest absolute Gasteiger partial charge is 0.459 e. The van der Waals surface area contributed by atoms with E-state index in [9.17, 15) is 13.6 Å². The van der Waals surface area contributed by atoms with Crippen LogP contribution in [-0.2, 0) is 6.54 Å². The fraction of sp³-hybridized carbons (Fsp3) is 0.450. The summed E-state index contributed by atoms with van der Waals surface area (Å²) in [5.74, 6) is -1.25. The first kappa shape index (κ1) is 17.2. The monoisotopic (exact) mass is 360 g/mol. The van der Waals surface area contributed by atoms with Crippen molar-refractivity contribution in [3.05, 3.63) is 59.6 Å². The van der Waals surface area contributed by atoms with Crippen molar-refractivity contribution in [1.82, 2.24) is 9.80 Å². The molecule has 0 unspecified atom stereocenters. The third kappa shape index (κ3) is 3.26. The Labute approximate surface area is 151 Å². The first-order valence-electron chi connectivity index (χ1n) is 9.04. The molecule has 2 aliphatic rings. The average Bonchev–Trinajstić information content (AvgIpc) is 3.29. The number of hydrogen-bond donors (Lipinski definition) is 0. The van der Waals surface area contributed by atoms with Crippen molar-refractivity contribution < 1.29 is 18.0 Å². The van der Waals surface area contributed by atoms with E-state index >= 15 is 0 Å². The van der Waals surface area contributed by atoms with Crippen molar-refractivity contribution in [3.63, 3.8) is 0 Å². The zero-order valence-electron chi connectivity index (χ0n) is 14.6. The standard InChI is InChI=1S/C20H22F2N2O2/c21-16-5-1-4-15(18(16)22)12-23-9-3-7-20(13-23)8-10-24(14-20)19(25)17-6-2-11-26-17/h1-2,4-6,11H,3,7-10,12-14H2/t20-/m1/s1. The molecule has 2 fully saturated rings. The lowest BCUT2D eigenvalue weighted by Crippen LogP contribution is -2.45. The normalized spacial score (nSPS) is 23.7. The molecule has 138 valence electrons. The van der Waals surface area contributed by atoms with E-state index in [-0.39, 0.29) is 11.3 Å². The van der Waals surface area contributed by atoms with Crippen LogP contribution in [0.4, 0.5) is 8.78 Å². The number of piperidine rings is 1. The highest BCUT2D eigenvalue weighted by Gasteiger charge is 2.43. The summed E-state index contributed by atoms with van der Waals surface area (Å²) >= 11 is 0. The van der Waals surface area contributed by atoms with Gasteiger partial charge < -0.3 is 9.32 Å². The molecule has 6 heteroatoms. The summed E-state index contributed by atoms with van der Waals surface area (Å²) < 4.78 is 32.7. The number of amides is 1. The average molecular weight is 360 g/mol. The van der Waals surface area contributed by atoms with E-state index in [1.54, 1.807) is 24.3 Å². The molecule has 1 aromatic carbocycles. The summed E-state index contributed by atoms with van der Waals surface area (Å²) in [5, 5.41) is 0. The number of carbonyl (C=O) groups is 1. The van der Waals surface area contributed by atoms with E-state index in [1.807, 2.05) is 4.90 Å². The molecule has 1 atom stereocenters. The lowest BCUT2D eigenvalue weighted by atomic mass is 9.79. The highest BCUT2D eigenvalue weighted by Crippen LogP contribution is 2.40. The third-order valence-corrected chi connectivity index (χ3v) is 5.62. The Kier molecular flexibility index (Phi) is 4.53. The topological polar surface area (TPSA) is 36.7 Å². The zero-order chi connectivity index (χ0) is 18.1. The summed E-state index contributed by atoms with van der Waals surface area (Å²) in [4.78, 5) is 16.6. The van der Waals surface area contributed by atoms with Gasteiger partial charge in [-0.05, 0) is 44.0 Å². The SMILES string of the molecule is O=C(c1ccco1)N1CC[C@@]2(CCCN(Cc3cccc(F)c3F)C2)C1. The molecule has 0 bridgehead atoms. The fourth-order valence-corrected chi connectivity index (χ4v) is 4.35. The van der Waals surface area contributed by atoms with Crippen molar-refractivity contribution in [2.45, 2.75) is 25.8 Å². The maximum absolute atomic E-state index is 14.0. The zero-order valence-corrected chi connectivity index (χ0v) is 14.6. The first-order valence-corrected chi connectivity index (χ1v) is 9.04. The van der Waals surface area contributed by atoms with Crippen molar-refractivity contribution in [1.29, 1.82) is 0 Å². The Morgan fingerprint density at radius 1 is 1.12 bits per heavy atom. The number of nitrogens with zero attached hydrogens (tertiary/aromatic N) is 2. The summed E-state index contributed by atoms with van der Waals surface area (Å²) in [6.07, 6.45) is 4.49. The maximum Gasteiger partial charge on any atom is 0.289 e. The van der Waals surface area contributed by atoms with Crippen molar-refractivity contribution in [3.8, 4) is 0 Å². The highest BCUT2D eigenvalue weighted by atomic mass is 19.2. The van der Waals surface area contributed by atoms with Gasteiger partial charge in [0.2, 0.25) is 0 Å². The predicted molar refractivity (Wildman–Crippen MR) is 92.5 cm³/mol. The molecule has 1 spiro atoms. The highest BCUT2D eigenvalue weighted by molar-refractivity contribution is 5.91. The van der Waals surface area contributed by atoms with Gasteiger partial charge in [0.25, 0.3) is 5.91 Å². The number of rotatable bonds is 3. The van der Waals surface area contributed by atoms with Gasteiger partial charge in [0.05, 0.1) is 6.26 Å². The molecule has 4 rings (SSSR count). The van der Waals surface area contributed by atoms with Gasteiger partial charge in [0, 0.05) is 37.2 Å². The molecule has 2 aromatic rings. The van der Waals surface area contributed by atoms with Gasteiger partial charge in [-0.25, -0.2) is 8.78 Å². The van der Waals surface area contributed by atoms with Crippen LogP contribution in [0.15, 0.2) is 41.0 Å². The van der Waals surface area contributed by atoms with E-state index in [1.165, 1.54) is 6.26 Å². The second-order valence-corrected chi connectivity index (χ2v) is 7.48. The van der Waals surface area contributed by atoms with E-state index in [4.69, 9.17) is 4.42 Å². The van der Waals surface area contributed by atoms with Crippen molar-refractivity contribution >= 4 is 5.91 Å². The van der Waals surface area contributed by atoms with E-state index in [0.717, 1.165) is 38.4 Å². The van der Waals surface area contributed by atoms with Gasteiger partial charge in [-0.15, -0.1) is 0 Å². The number of benzene rings is 1. The third-order valence-electron chi connectivity index (χ3n) is 5.62. The van der Waals surface area contributed by atoms with Crippen molar-refractivity contribution in [2.75, 3.05) is 26.2 Å². The second kappa shape index (κ2) is 6.83. The smallest absolute Gasteiger partial charge is 0.289 e. The van der Waals surface area contributed by atoms with Gasteiger partial charge in [0.1, 0.15) is 0 Å². The minimum Gasteiger partial charge on any atom is -0.459 e. The minimum absolute atomic E-state index is 0.0320. The van der Waals surface area contributed by atoms with Crippen LogP contribution in [0.5, 0.6) is 0 Å². The van der Waals surface area contributed by atoms with Crippen LogP contribution in [0.3, 0.4) is 0 Å². The molecule has 1 amide bonds. The van der Waals surface area contributed by atoms with Gasteiger partial charge in [-0.2, -0.15) is 0 Å². The van der Waals surface area contributed by atoms with Crippen LogP contribution in [-0.4, -0.2) is 41.9 Å². The quantitative estimate of drug-likeness (QED) is 0.838. The van der Waals surface area contributed by atoms with Crippen LogP contribution in [0.25, 0.3) is 0 Å². The molecule has 0 saturated carbocycles. The number of halogens is 2. The summed E-state index contributed by atoms with van der Waals surface area (Å²) in [6.45, 7) is 3.46. The molecule has 26 heavy (non-hydrogen) atoms. The van der Waals surface area contributed by atoms with Gasteiger partial charge in [-0.1, -0.05) is 12.1 Å². The lowest BCUT2D eigenvalue weighted by molar-refractivity contribution is 0.0649. The number of hydrogen-bond acceptors (Lipinski definition) is 3. The summed E-state index contributed by atoms with van der Waals surface area (Å²) in [5.41, 5.74) is 0.424. The summed E-state index contributed by atoms with van der Waals surface area (Å²) in [6, 6.07) is 7.74. The Balaban J connectivity index is 1.43. The Morgan fingerprint density at radius 3 is 2.81 bits per heavy atom. The summed E-state index contributed by atoms with van der Waals surface area (Å²) in [7, 11) is 0. The van der Waals surface area contributed by atoms with E-state index < -0.39 is 11.6 Å². The molecular formula is C20H22F2N2O2. The van der Waals surface area contributed by atoms with Gasteiger partial charge >= 0.3 is 0 Å². The molecule has 2 aliphatic heterocycles. The molecular weight excluding hydrogens is 338 g/mol. The van der Waals surface area contributed by atoms with Crippen LogP contribution in [0.2, 0.25) is 0 Å². The molecule has 0 radical (unpaired) electrons. The maximum atomic E-state index is 14.0. The Hall–Kier alpha value is -2.21. The molecule has 0 aliphatic carbocycles. The minimum atomic E-state index is -0.801. The van der Waals surface area contributed by atoms with Crippen LogP contribution in [0, 0.1) is 17.0 Å². The first-order chi connectivity index (χ1) is 12.6. The number of likely N-dealkylation sites (tertiary alicyclic amines) is 2. The second-order valence-electron chi connectivity index (χ2n) is 7.48. The Morgan fingerprint density at radius 2 is 2.00 bits per heavy atom. The molecule has 3 heterocycles. The van der Waals surface area contributed by atoms with Gasteiger partial charge in [-0.3, -0.25) is 9.69 Å². The Bertz CT molecular complexity index is 793. The molecule has 1 aromatic heterocycles. The lowest BCUT2D eigenvalue weighted by Gasteiger charge is -2.40. The molecule has 2 saturated heterocycles. The molecule has 0 N–H and O–H groups in total. The van der Waals surface area contributed by atoms with Crippen LogP contribution < -0.4 is 0 Å². The van der Waals surface area contributed by atoms with Crippen molar-refractivity contribution in [2.24, 2.45) is 5.41 Å². The molecule has 4 nitrogen and oxygen atoms in total. The van der Waals surface area contributed by atoms with E-state index in [2.05, 4.69) is 4.90 Å². The number of furan rings is 1. The predicted octanol–water partition coefficient (Wildman–Crippen LogP) is 3.69. The number of carbonyl (C=O) groups excluding carboxylic acids is 1. The van der Waals surface area contributed by atoms with Gasteiger partial charge in [0.15, 0.2) is 17.4 Å². The fourth-order valence-electron chi connectivity index (χ4n) is 4.35.